The van der Waals surface area contributed by atoms with Gasteiger partial charge in [-0.1, -0.05) is 45.0 Å². The molecule has 0 fully saturated rings. The van der Waals surface area contributed by atoms with Crippen LogP contribution in [0.5, 0.6) is 0 Å². The van der Waals surface area contributed by atoms with E-state index in [1.165, 1.54) is 17.8 Å². The number of anilines is 1. The predicted molar refractivity (Wildman–Crippen MR) is 89.2 cm³/mol. The number of rotatable bonds is 4. The topological polar surface area (TPSA) is 62.0 Å². The lowest BCUT2D eigenvalue weighted by molar-refractivity contribution is -0.116. The van der Waals surface area contributed by atoms with Crippen molar-refractivity contribution in [2.24, 2.45) is 0 Å². The maximum absolute atomic E-state index is 11.9. The fraction of sp³-hybridized carbons (Fsp3) is 0.333. The van der Waals surface area contributed by atoms with Gasteiger partial charge in [0.15, 0.2) is 0 Å². The minimum Gasteiger partial charge on any atom is -0.327 e. The third kappa shape index (κ3) is 4.58. The summed E-state index contributed by atoms with van der Waals surface area (Å²) in [4.78, 5) is 25.4. The van der Waals surface area contributed by atoms with E-state index >= 15 is 0 Å². The number of carbonyl (C=O) groups is 1. The van der Waals surface area contributed by atoms with E-state index in [2.05, 4.69) is 55.3 Å². The first kappa shape index (κ1) is 16.0. The highest BCUT2D eigenvalue weighted by atomic mass is 16.1. The van der Waals surface area contributed by atoms with Crippen molar-refractivity contribution in [3.63, 3.8) is 0 Å². The van der Waals surface area contributed by atoms with E-state index in [9.17, 15) is 9.59 Å². The molecule has 0 saturated heterocycles. The van der Waals surface area contributed by atoms with Crippen molar-refractivity contribution in [2.45, 2.75) is 39.0 Å². The second kappa shape index (κ2) is 6.60. The Kier molecular flexibility index (Phi) is 4.81. The second-order valence-corrected chi connectivity index (χ2v) is 6.44. The number of hydrogen-bond acceptors (Lipinski definition) is 2. The highest BCUT2D eigenvalue weighted by molar-refractivity contribution is 5.90. The Morgan fingerprint density at radius 1 is 1.09 bits per heavy atom. The molecule has 1 amide bonds. The number of carbonyl (C=O) groups excluding carboxylic acids is 1. The van der Waals surface area contributed by atoms with E-state index < -0.39 is 0 Å². The molecule has 0 saturated carbocycles. The number of nitrogens with one attached hydrogen (secondary N) is 2. The number of aromatic nitrogens is 1. The van der Waals surface area contributed by atoms with Crippen molar-refractivity contribution >= 4 is 11.6 Å². The SMILES string of the molecule is CC(C)(C)c1ccc(CCC(=O)Nc2ccc(=O)[nH]c2)cc1. The van der Waals surface area contributed by atoms with Gasteiger partial charge in [-0.25, -0.2) is 0 Å². The van der Waals surface area contributed by atoms with E-state index in [4.69, 9.17) is 0 Å². The van der Waals surface area contributed by atoms with Crippen molar-refractivity contribution in [3.8, 4) is 0 Å². The Morgan fingerprint density at radius 2 is 1.77 bits per heavy atom. The lowest BCUT2D eigenvalue weighted by Crippen LogP contribution is -2.14. The molecule has 1 heterocycles. The van der Waals surface area contributed by atoms with Crippen LogP contribution in [0.3, 0.4) is 0 Å². The van der Waals surface area contributed by atoms with Gasteiger partial charge in [-0.15, -0.1) is 0 Å². The maximum atomic E-state index is 11.9. The summed E-state index contributed by atoms with van der Waals surface area (Å²) < 4.78 is 0. The van der Waals surface area contributed by atoms with Crippen LogP contribution < -0.4 is 10.9 Å². The summed E-state index contributed by atoms with van der Waals surface area (Å²) in [5.74, 6) is -0.0630. The van der Waals surface area contributed by atoms with Gasteiger partial charge in [0.25, 0.3) is 0 Å². The molecular formula is C18H22N2O2. The quantitative estimate of drug-likeness (QED) is 0.910. The van der Waals surface area contributed by atoms with Crippen LogP contribution in [0, 0.1) is 0 Å². The Labute approximate surface area is 130 Å². The van der Waals surface area contributed by atoms with Crippen LogP contribution in [-0.4, -0.2) is 10.9 Å². The van der Waals surface area contributed by atoms with Gasteiger partial charge in [-0.05, 0) is 29.0 Å². The minimum atomic E-state index is -0.183. The lowest BCUT2D eigenvalue weighted by Gasteiger charge is -2.19. The van der Waals surface area contributed by atoms with E-state index in [1.807, 2.05) is 0 Å². The van der Waals surface area contributed by atoms with Gasteiger partial charge in [-0.2, -0.15) is 0 Å². The fourth-order valence-corrected chi connectivity index (χ4v) is 2.14. The van der Waals surface area contributed by atoms with Crippen molar-refractivity contribution in [1.29, 1.82) is 0 Å². The minimum absolute atomic E-state index is 0.0630. The summed E-state index contributed by atoms with van der Waals surface area (Å²) in [7, 11) is 0. The Morgan fingerprint density at radius 3 is 2.32 bits per heavy atom. The Balaban J connectivity index is 1.88. The molecule has 0 spiro atoms. The molecule has 2 N–H and O–H groups in total. The van der Waals surface area contributed by atoms with Crippen molar-refractivity contribution in [2.75, 3.05) is 5.32 Å². The summed E-state index contributed by atoms with van der Waals surface area (Å²) in [5, 5.41) is 2.77. The van der Waals surface area contributed by atoms with Crippen LogP contribution in [0.25, 0.3) is 0 Å². The lowest BCUT2D eigenvalue weighted by atomic mass is 9.86. The van der Waals surface area contributed by atoms with Gasteiger partial charge in [0.2, 0.25) is 11.5 Å². The molecule has 2 rings (SSSR count). The molecule has 0 aliphatic carbocycles. The van der Waals surface area contributed by atoms with Crippen LogP contribution >= 0.6 is 0 Å². The fourth-order valence-electron chi connectivity index (χ4n) is 2.14. The number of aromatic amines is 1. The van der Waals surface area contributed by atoms with Gasteiger partial charge >= 0.3 is 0 Å². The molecular weight excluding hydrogens is 276 g/mol. The van der Waals surface area contributed by atoms with Gasteiger partial charge in [-0.3, -0.25) is 9.59 Å². The number of aryl methyl sites for hydroxylation is 1. The first-order valence-electron chi connectivity index (χ1n) is 7.42. The zero-order chi connectivity index (χ0) is 16.2. The molecule has 0 unspecified atom stereocenters. The van der Waals surface area contributed by atoms with Crippen molar-refractivity contribution < 1.29 is 4.79 Å². The molecule has 22 heavy (non-hydrogen) atoms. The van der Waals surface area contributed by atoms with Crippen LogP contribution in [0.4, 0.5) is 5.69 Å². The third-order valence-corrected chi connectivity index (χ3v) is 3.53. The third-order valence-electron chi connectivity index (χ3n) is 3.53. The summed E-state index contributed by atoms with van der Waals surface area (Å²) >= 11 is 0. The molecule has 0 atom stereocenters. The summed E-state index contributed by atoms with van der Waals surface area (Å²) in [6, 6.07) is 11.4. The van der Waals surface area contributed by atoms with Gasteiger partial charge in [0.1, 0.15) is 0 Å². The van der Waals surface area contributed by atoms with Crippen molar-refractivity contribution in [1.82, 2.24) is 4.98 Å². The first-order valence-corrected chi connectivity index (χ1v) is 7.42. The van der Waals surface area contributed by atoms with E-state index in [0.717, 1.165) is 5.56 Å². The van der Waals surface area contributed by atoms with E-state index in [0.29, 0.717) is 18.5 Å². The zero-order valence-corrected chi connectivity index (χ0v) is 13.3. The molecule has 0 radical (unpaired) electrons. The number of amides is 1. The highest BCUT2D eigenvalue weighted by Crippen LogP contribution is 2.22. The largest absolute Gasteiger partial charge is 0.327 e. The van der Waals surface area contributed by atoms with Gasteiger partial charge in [0, 0.05) is 18.7 Å². The smallest absolute Gasteiger partial charge is 0.248 e. The van der Waals surface area contributed by atoms with E-state index in [1.54, 1.807) is 6.07 Å². The molecule has 0 aliphatic rings. The summed E-state index contributed by atoms with van der Waals surface area (Å²) in [6.07, 6.45) is 2.60. The standard InChI is InChI=1S/C18H22N2O2/c1-18(2,3)14-7-4-13(5-8-14)6-10-17(22)20-15-9-11-16(21)19-12-15/h4-5,7-9,11-12H,6,10H2,1-3H3,(H,19,21)(H,20,22). The normalized spacial score (nSPS) is 11.2. The number of H-pyrrole nitrogens is 1. The molecule has 0 bridgehead atoms. The van der Waals surface area contributed by atoms with E-state index in [-0.39, 0.29) is 16.9 Å². The Hall–Kier alpha value is -2.36. The van der Waals surface area contributed by atoms with Gasteiger partial charge < -0.3 is 10.3 Å². The average Bonchev–Trinajstić information content (AvgIpc) is 2.47. The monoisotopic (exact) mass is 298 g/mol. The van der Waals surface area contributed by atoms with Crippen LogP contribution in [0.15, 0.2) is 47.4 Å². The molecule has 4 nitrogen and oxygen atoms in total. The second-order valence-electron chi connectivity index (χ2n) is 6.44. The van der Waals surface area contributed by atoms with Crippen LogP contribution in [0.1, 0.15) is 38.3 Å². The van der Waals surface area contributed by atoms with Crippen LogP contribution in [-0.2, 0) is 16.6 Å². The van der Waals surface area contributed by atoms with Gasteiger partial charge in [0.05, 0.1) is 5.69 Å². The van der Waals surface area contributed by atoms with Crippen LogP contribution in [0.2, 0.25) is 0 Å². The number of pyridine rings is 1. The first-order chi connectivity index (χ1) is 10.3. The predicted octanol–water partition coefficient (Wildman–Crippen LogP) is 3.24. The maximum Gasteiger partial charge on any atom is 0.248 e. The summed E-state index contributed by atoms with van der Waals surface area (Å²) in [5.41, 5.74) is 2.99. The summed E-state index contributed by atoms with van der Waals surface area (Å²) in [6.45, 7) is 6.54. The molecule has 0 aliphatic heterocycles. The average molecular weight is 298 g/mol. The van der Waals surface area contributed by atoms with Crippen molar-refractivity contribution in [3.05, 3.63) is 64.1 Å². The zero-order valence-electron chi connectivity index (χ0n) is 13.3. The number of benzene rings is 1. The molecule has 4 heteroatoms. The molecule has 2 aromatic rings. The Bertz CT molecular complexity index is 674. The molecule has 116 valence electrons. The molecule has 1 aromatic heterocycles. The number of hydrogen-bond donors (Lipinski definition) is 2. The highest BCUT2D eigenvalue weighted by Gasteiger charge is 2.13. The molecule has 1 aromatic carbocycles.